The molecule has 682 valence electrons. The van der Waals surface area contributed by atoms with E-state index in [0.29, 0.717) is 52.3 Å². The average Bonchev–Trinajstić information content (AvgIpc) is 1.62. The van der Waals surface area contributed by atoms with Gasteiger partial charge in [0.25, 0.3) is 23.6 Å². The summed E-state index contributed by atoms with van der Waals surface area (Å²) < 4.78 is 145. The molecule has 4 aromatic heterocycles. The van der Waals surface area contributed by atoms with E-state index in [1.807, 2.05) is 25.7 Å². The molecule has 4 saturated carbocycles. The molecule has 8 heterocycles. The van der Waals surface area contributed by atoms with Crippen molar-refractivity contribution in [3.8, 4) is 5.75 Å². The molecule has 8 fully saturated rings. The number of aromatic nitrogens is 4. The van der Waals surface area contributed by atoms with Crippen LogP contribution in [0.2, 0.25) is 20.1 Å². The van der Waals surface area contributed by atoms with Gasteiger partial charge in [0.15, 0.2) is 39.3 Å². The van der Waals surface area contributed by atoms with Gasteiger partial charge in [-0.1, -0.05) is 184 Å². The van der Waals surface area contributed by atoms with Crippen molar-refractivity contribution in [3.63, 3.8) is 0 Å². The zero-order valence-corrected chi connectivity index (χ0v) is 80.3. The van der Waals surface area contributed by atoms with Crippen LogP contribution >= 0.6 is 46.4 Å². The van der Waals surface area contributed by atoms with Gasteiger partial charge in [0, 0.05) is 55.4 Å². The van der Waals surface area contributed by atoms with Gasteiger partial charge in [-0.2, -0.15) is 0 Å². The number of likely N-dealkylation sites (tertiary alicyclic amines) is 4. The summed E-state index contributed by atoms with van der Waals surface area (Å²) >= 11 is 24.1. The molecule has 4 amide bonds. The SMILES string of the molecule is CC1(C)C[C@@H]2C[C@@](C)(CN2C(=O)c2cccc(CS(=O)(=O)c3ccc(Cl)cc3Cl)n2)C1.CC1(C)C[C@@H]2C[C@@](C)(CN2C(=O)c2cccc(CS(=O)(=O)c3cccc(Cl)c3Cl)n2)C1.CC1(C)C[C@@H]2C[C@@](C)(CN2C(=O)c2cccc(CS(=O)(=O)c3cccc(OC(F)(F)F)c3)n2)C1.Cc1cccc(C)c1S(=O)(=O)Cc1cccc(C(=O)N2C[C@]3(C)C[C@H]2CC(C)(C)C3)n1. The molecular weight excluding hydrogens is 1790 g/mol. The van der Waals surface area contributed by atoms with Gasteiger partial charge < -0.3 is 24.3 Å². The number of rotatable bonds is 17. The first-order chi connectivity index (χ1) is 58.8. The van der Waals surface area contributed by atoms with Gasteiger partial charge in [-0.05, 0) is 242 Å². The van der Waals surface area contributed by atoms with Crippen LogP contribution in [0.25, 0.3) is 0 Å². The molecule has 4 aromatic carbocycles. The average molecular weight is 1900 g/mol. The lowest BCUT2D eigenvalue weighted by atomic mass is 9.65. The van der Waals surface area contributed by atoms with Crippen molar-refractivity contribution < 1.29 is 70.8 Å². The summed E-state index contributed by atoms with van der Waals surface area (Å²) in [5.41, 5.74) is 4.87. The topological polar surface area (TPSA) is 279 Å². The highest BCUT2D eigenvalue weighted by Crippen LogP contribution is 2.57. The first-order valence-electron chi connectivity index (χ1n) is 42.6. The summed E-state index contributed by atoms with van der Waals surface area (Å²) in [6.07, 6.45) is 7.20. The Balaban J connectivity index is 0.000000145. The standard InChI is InChI=1S/C25H32N2O3S.C24H27F3N2O4S.2C23H26Cl2N2O3S/c1-17-8-6-9-18(2)22(17)31(29,30)14-19-10-7-11-21(26-19)23(28)27-16-25(5)13-20(27)12-24(3,4)15-25;1-22(2)11-17-12-23(3,14-22)15-29(17)21(30)20-9-4-6-16(28-20)13-34(31,32)19-8-5-7-18(10-19)33-24(25,26)27;1-22(2)10-16-11-23(3,13-22)14-27(16)21(28)18-8-4-6-15(26-18)12-31(29,30)19-9-5-7-17(24)20(19)25;1-22(2)10-17-11-23(3,13-22)14-27(17)21(28)19-6-4-5-16(26-19)12-31(29,30)20-8-7-15(24)9-18(20)25/h6-11,20H,12-16H2,1-5H3;4-10,17H,11-15H2,1-3H3;4-9,16H,10-14H2,1-3H3;4-9,17H,10-14H2,1-3H3/t20-,25-;17-,23-;16-,23-;17-,23-/m1111/s1. The molecule has 8 aromatic rings. The number of alkyl halides is 3. The maximum Gasteiger partial charge on any atom is 0.573 e. The highest BCUT2D eigenvalue weighted by Gasteiger charge is 2.56. The van der Waals surface area contributed by atoms with Crippen LogP contribution in [0, 0.1) is 57.2 Å². The molecule has 8 atom stereocenters. The molecule has 8 aliphatic rings. The first-order valence-corrected chi connectivity index (χ1v) is 50.7. The Labute approximate surface area is 764 Å². The molecule has 0 N–H and O–H groups in total. The van der Waals surface area contributed by atoms with Crippen molar-refractivity contribution in [2.45, 2.75) is 247 Å². The molecule has 8 bridgehead atoms. The summed E-state index contributed by atoms with van der Waals surface area (Å²) in [5, 5.41) is 0.607. The van der Waals surface area contributed by atoms with Gasteiger partial charge >= 0.3 is 6.36 Å². The highest BCUT2D eigenvalue weighted by atomic mass is 35.5. The minimum Gasteiger partial charge on any atom is -0.406 e. The van der Waals surface area contributed by atoms with Gasteiger partial charge in [0.05, 0.1) is 80.4 Å². The normalized spacial score (nSPS) is 24.7. The van der Waals surface area contributed by atoms with Gasteiger partial charge in [-0.25, -0.2) is 53.6 Å². The van der Waals surface area contributed by atoms with Crippen LogP contribution in [-0.4, -0.2) is 154 Å². The molecule has 4 aliphatic heterocycles. The van der Waals surface area contributed by atoms with E-state index >= 15 is 0 Å². The Morgan fingerprint density at radius 2 is 0.693 bits per heavy atom. The third-order valence-electron chi connectivity index (χ3n) is 25.8. The zero-order valence-electron chi connectivity index (χ0n) is 74.0. The van der Waals surface area contributed by atoms with Crippen LogP contribution in [0.4, 0.5) is 13.2 Å². The number of carbonyl (C=O) groups excluding carboxylic acids is 4. The molecule has 4 aliphatic carbocycles. The number of nitrogens with zero attached hydrogens (tertiary/aromatic N) is 8. The van der Waals surface area contributed by atoms with E-state index in [1.54, 1.807) is 98.8 Å². The molecule has 16 rings (SSSR count). The maximum absolute atomic E-state index is 13.4. The summed E-state index contributed by atoms with van der Waals surface area (Å²) in [6, 6.07) is 38.9. The quantitative estimate of drug-likeness (QED) is 0.0819. The van der Waals surface area contributed by atoms with E-state index < -0.39 is 57.2 Å². The monoisotopic (exact) mass is 1900 g/mol. The van der Waals surface area contributed by atoms with E-state index in [0.717, 1.165) is 107 Å². The number of hydrogen-bond acceptors (Lipinski definition) is 17. The van der Waals surface area contributed by atoms with E-state index in [2.05, 4.69) is 108 Å². The number of pyridine rings is 4. The minimum absolute atomic E-state index is 0.000549. The molecular formula is C95H111Cl4F3N8O13S4. The van der Waals surface area contributed by atoms with Crippen molar-refractivity contribution >= 4 is 109 Å². The van der Waals surface area contributed by atoms with Crippen molar-refractivity contribution in [3.05, 3.63) is 228 Å². The van der Waals surface area contributed by atoms with Gasteiger partial charge in [-0.3, -0.25) is 19.2 Å². The second-order valence-electron chi connectivity index (χ2n) is 41.1. The van der Waals surface area contributed by atoms with Crippen LogP contribution in [0.5, 0.6) is 5.75 Å². The Bertz CT molecular complexity index is 6100. The molecule has 127 heavy (non-hydrogen) atoms. The fraction of sp³-hybridized carbons (Fsp3) is 0.495. The van der Waals surface area contributed by atoms with Crippen LogP contribution in [-0.2, 0) is 62.4 Å². The molecule has 0 unspecified atom stereocenters. The number of sulfone groups is 4. The van der Waals surface area contributed by atoms with Gasteiger partial charge in [0.1, 0.15) is 28.5 Å². The Hall–Kier alpha value is -8.09. The zero-order chi connectivity index (χ0) is 92.8. The second kappa shape index (κ2) is 35.6. The second-order valence-corrected chi connectivity index (χ2v) is 50.5. The van der Waals surface area contributed by atoms with Gasteiger partial charge in [-0.15, -0.1) is 13.2 Å². The van der Waals surface area contributed by atoms with Crippen molar-refractivity contribution in [2.24, 2.45) is 43.3 Å². The molecule has 32 heteroatoms. The molecule has 4 saturated heterocycles. The van der Waals surface area contributed by atoms with Crippen molar-refractivity contribution in [2.75, 3.05) is 26.2 Å². The lowest BCUT2D eigenvalue weighted by Crippen LogP contribution is -2.38. The summed E-state index contributed by atoms with van der Waals surface area (Å²) in [4.78, 5) is 78.6. The smallest absolute Gasteiger partial charge is 0.406 e. The van der Waals surface area contributed by atoms with Crippen molar-refractivity contribution in [1.29, 1.82) is 0 Å². The van der Waals surface area contributed by atoms with Crippen LogP contribution in [0.1, 0.15) is 236 Å². The number of amides is 4. The number of halogens is 7. The number of carbonyl (C=O) groups is 4. The largest absolute Gasteiger partial charge is 0.573 e. The number of fused-ring (bicyclic) bond motifs is 8. The predicted octanol–water partition coefficient (Wildman–Crippen LogP) is 20.5. The number of ether oxygens (including phenoxy) is 1. The van der Waals surface area contributed by atoms with Crippen molar-refractivity contribution in [1.82, 2.24) is 39.5 Å². The number of hydrogen-bond donors (Lipinski definition) is 0. The van der Waals surface area contributed by atoms with E-state index in [1.165, 1.54) is 48.5 Å². The van der Waals surface area contributed by atoms with E-state index in [4.69, 9.17) is 46.4 Å². The number of benzene rings is 4. The van der Waals surface area contributed by atoms with Crippen LogP contribution in [0.3, 0.4) is 0 Å². The summed E-state index contributed by atoms with van der Waals surface area (Å²) in [6.45, 7) is 33.4. The Morgan fingerprint density at radius 3 is 1.04 bits per heavy atom. The minimum atomic E-state index is -4.93. The van der Waals surface area contributed by atoms with Crippen LogP contribution in [0.15, 0.2) is 171 Å². The molecule has 0 spiro atoms. The van der Waals surface area contributed by atoms with E-state index in [-0.39, 0.29) is 161 Å². The van der Waals surface area contributed by atoms with E-state index in [9.17, 15) is 66.0 Å². The summed E-state index contributed by atoms with van der Waals surface area (Å²) in [5.74, 6) is -2.68. The Kier molecular flexibility index (Phi) is 27.0. The van der Waals surface area contributed by atoms with Crippen LogP contribution < -0.4 is 4.74 Å². The maximum atomic E-state index is 13.4. The summed E-state index contributed by atoms with van der Waals surface area (Å²) in [7, 11) is -15.1. The predicted molar refractivity (Wildman–Crippen MR) is 485 cm³/mol. The molecule has 21 nitrogen and oxygen atoms in total. The fourth-order valence-corrected chi connectivity index (χ4v) is 30.1. The highest BCUT2D eigenvalue weighted by molar-refractivity contribution is 7.91. The van der Waals surface area contributed by atoms with Gasteiger partial charge in [0.2, 0.25) is 0 Å². The third-order valence-corrected chi connectivity index (χ3v) is 34.3. The third kappa shape index (κ3) is 22.7. The first kappa shape index (κ1) is 96.5. The number of aryl methyl sites for hydroxylation is 2. The fourth-order valence-electron chi connectivity index (χ4n) is 22.8. The Morgan fingerprint density at radius 1 is 0.378 bits per heavy atom. The lowest BCUT2D eigenvalue weighted by molar-refractivity contribution is -0.274. The lowest BCUT2D eigenvalue weighted by Gasteiger charge is -2.39. The molecule has 0 radical (unpaired) electrons.